The average molecular weight is 839 g/mol. The number of hydrogen-bond donors (Lipinski definition) is 1. The molecule has 0 aromatic rings. The van der Waals surface area contributed by atoms with Gasteiger partial charge in [-0.25, -0.2) is 4.57 Å². The van der Waals surface area contributed by atoms with Crippen LogP contribution >= 0.6 is 7.82 Å². The molecule has 0 saturated carbocycles. The van der Waals surface area contributed by atoms with E-state index in [1.165, 1.54) is 141 Å². The van der Waals surface area contributed by atoms with Crippen LogP contribution in [0.15, 0.2) is 36.5 Å². The number of allylic oxidation sites excluding steroid dienone is 6. The summed E-state index contributed by atoms with van der Waals surface area (Å²) in [6.45, 7) is 3.80. The molecule has 0 aromatic heterocycles. The zero-order chi connectivity index (χ0) is 42.5. The van der Waals surface area contributed by atoms with Gasteiger partial charge in [-0.3, -0.25) is 18.6 Å². The summed E-state index contributed by atoms with van der Waals surface area (Å²) in [6, 6.07) is 0. The van der Waals surface area contributed by atoms with Crippen LogP contribution in [0.3, 0.4) is 0 Å². The normalized spacial score (nSPS) is 13.5. The van der Waals surface area contributed by atoms with E-state index < -0.39 is 26.5 Å². The Morgan fingerprint density at radius 1 is 0.500 bits per heavy atom. The van der Waals surface area contributed by atoms with Crippen LogP contribution in [0.2, 0.25) is 0 Å². The Bertz CT molecular complexity index is 1040. The van der Waals surface area contributed by atoms with Crippen molar-refractivity contribution in [2.75, 3.05) is 20.3 Å². The predicted octanol–water partition coefficient (Wildman–Crippen LogP) is 15.6. The summed E-state index contributed by atoms with van der Waals surface area (Å²) in [5.41, 5.74) is 0. The molecular weight excluding hydrogens is 748 g/mol. The second-order valence-electron chi connectivity index (χ2n) is 16.2. The Hall–Kier alpha value is -1.73. The van der Waals surface area contributed by atoms with Gasteiger partial charge >= 0.3 is 19.8 Å². The first-order valence-electron chi connectivity index (χ1n) is 24.2. The summed E-state index contributed by atoms with van der Waals surface area (Å²) in [7, 11) is -3.20. The van der Waals surface area contributed by atoms with Crippen molar-refractivity contribution in [1.82, 2.24) is 0 Å². The standard InChI is InChI=1S/C49H91O8P/c1-4-6-8-10-12-14-16-18-20-22-23-24-25-26-28-29-31-33-35-37-39-41-43-48(50)55-45-47(46-56-58(52,53)54-3)57-49(51)44-42-40-38-36-34-32-30-27-21-19-17-15-13-11-9-7-5-2/h7,9,13,15,19,21,47H,4-6,8,10-12,14,16-18,20,22-46H2,1-3H3,(H,52,53)/b9-7-,15-13-,21-19-. The SMILES string of the molecule is CC/C=C\C/C=C\C/C=C\CCCCCCCCCC(=O)OC(COC(=O)CCCCCCCCCCCCCCCCCCCCCCCC)COP(=O)(O)OC. The number of phosphoric acid groups is 1. The molecule has 8 nitrogen and oxygen atoms in total. The Morgan fingerprint density at radius 3 is 1.31 bits per heavy atom. The van der Waals surface area contributed by atoms with Gasteiger partial charge in [-0.15, -0.1) is 0 Å². The van der Waals surface area contributed by atoms with Crippen molar-refractivity contribution in [3.05, 3.63) is 36.5 Å². The fourth-order valence-corrected chi connectivity index (χ4v) is 7.43. The summed E-state index contributed by atoms with van der Waals surface area (Å²) in [5.74, 6) is -0.805. The van der Waals surface area contributed by atoms with Crippen LogP contribution in [0.4, 0.5) is 0 Å². The van der Waals surface area contributed by atoms with E-state index in [1.807, 2.05) is 0 Å². The molecule has 2 unspecified atom stereocenters. The minimum absolute atomic E-state index is 0.226. The molecule has 9 heteroatoms. The molecule has 0 saturated heterocycles. The van der Waals surface area contributed by atoms with Crippen LogP contribution in [0.5, 0.6) is 0 Å². The summed E-state index contributed by atoms with van der Waals surface area (Å²) >= 11 is 0. The molecule has 0 radical (unpaired) electrons. The van der Waals surface area contributed by atoms with Gasteiger partial charge in [0.05, 0.1) is 6.61 Å². The monoisotopic (exact) mass is 839 g/mol. The van der Waals surface area contributed by atoms with E-state index in [0.717, 1.165) is 71.3 Å². The van der Waals surface area contributed by atoms with E-state index in [1.54, 1.807) is 0 Å². The molecule has 0 aliphatic heterocycles. The van der Waals surface area contributed by atoms with Crippen LogP contribution in [0, 0.1) is 0 Å². The van der Waals surface area contributed by atoms with Gasteiger partial charge in [-0.05, 0) is 44.9 Å². The molecule has 0 aromatic carbocycles. The van der Waals surface area contributed by atoms with Crippen molar-refractivity contribution in [2.45, 2.75) is 245 Å². The van der Waals surface area contributed by atoms with Crippen molar-refractivity contribution in [3.63, 3.8) is 0 Å². The van der Waals surface area contributed by atoms with Crippen molar-refractivity contribution < 1.29 is 37.6 Å². The number of carbonyl (C=O) groups excluding carboxylic acids is 2. The van der Waals surface area contributed by atoms with Gasteiger partial charge in [-0.2, -0.15) is 0 Å². The van der Waals surface area contributed by atoms with Crippen LogP contribution in [0.25, 0.3) is 0 Å². The van der Waals surface area contributed by atoms with Gasteiger partial charge in [0.25, 0.3) is 0 Å². The molecule has 0 spiro atoms. The molecule has 0 bridgehead atoms. The van der Waals surface area contributed by atoms with E-state index >= 15 is 0 Å². The predicted molar refractivity (Wildman–Crippen MR) is 244 cm³/mol. The molecule has 58 heavy (non-hydrogen) atoms. The quantitative estimate of drug-likeness (QED) is 0.0279. The van der Waals surface area contributed by atoms with Crippen LogP contribution in [-0.2, 0) is 32.7 Å². The first-order valence-corrected chi connectivity index (χ1v) is 25.7. The van der Waals surface area contributed by atoms with Crippen LogP contribution in [-0.4, -0.2) is 43.3 Å². The number of rotatable bonds is 45. The minimum Gasteiger partial charge on any atom is -0.462 e. The average Bonchev–Trinajstić information content (AvgIpc) is 3.21. The zero-order valence-electron chi connectivity index (χ0n) is 38.0. The summed E-state index contributed by atoms with van der Waals surface area (Å²) < 4.78 is 32.1. The van der Waals surface area contributed by atoms with Gasteiger partial charge in [0.15, 0.2) is 6.10 Å². The number of ether oxygens (including phenoxy) is 2. The van der Waals surface area contributed by atoms with Gasteiger partial charge in [0.2, 0.25) is 0 Å². The highest BCUT2D eigenvalue weighted by Crippen LogP contribution is 2.42. The maximum atomic E-state index is 12.5. The van der Waals surface area contributed by atoms with Crippen LogP contribution in [0.1, 0.15) is 239 Å². The Balaban J connectivity index is 3.89. The van der Waals surface area contributed by atoms with Gasteiger partial charge in [0.1, 0.15) is 6.61 Å². The van der Waals surface area contributed by atoms with E-state index in [4.69, 9.17) is 14.0 Å². The third-order valence-corrected chi connectivity index (χ3v) is 11.6. The molecule has 0 amide bonds. The second-order valence-corrected chi connectivity index (χ2v) is 17.8. The van der Waals surface area contributed by atoms with Crippen molar-refractivity contribution in [3.8, 4) is 0 Å². The minimum atomic E-state index is -4.27. The third kappa shape index (κ3) is 43.8. The van der Waals surface area contributed by atoms with Crippen molar-refractivity contribution >= 4 is 19.8 Å². The summed E-state index contributed by atoms with van der Waals surface area (Å²) in [4.78, 5) is 34.6. The lowest BCUT2D eigenvalue weighted by molar-refractivity contribution is -0.161. The Kier molecular flexibility index (Phi) is 43.5. The number of phosphoric ester groups is 1. The lowest BCUT2D eigenvalue weighted by Crippen LogP contribution is -2.29. The maximum Gasteiger partial charge on any atom is 0.472 e. The highest BCUT2D eigenvalue weighted by molar-refractivity contribution is 7.47. The van der Waals surface area contributed by atoms with E-state index in [2.05, 4.69) is 54.8 Å². The highest BCUT2D eigenvalue weighted by Gasteiger charge is 2.24. The van der Waals surface area contributed by atoms with Crippen molar-refractivity contribution in [1.29, 1.82) is 0 Å². The lowest BCUT2D eigenvalue weighted by atomic mass is 10.0. The number of carbonyl (C=O) groups is 2. The number of hydrogen-bond acceptors (Lipinski definition) is 7. The maximum absolute atomic E-state index is 12.5. The first kappa shape index (κ1) is 56.3. The smallest absolute Gasteiger partial charge is 0.462 e. The topological polar surface area (TPSA) is 108 Å². The third-order valence-electron chi connectivity index (χ3n) is 10.6. The summed E-state index contributed by atoms with van der Waals surface area (Å²) in [6.07, 6.45) is 53.5. The molecule has 2 atom stereocenters. The largest absolute Gasteiger partial charge is 0.472 e. The molecule has 0 aliphatic rings. The molecule has 0 rings (SSSR count). The second kappa shape index (κ2) is 44.8. The van der Waals surface area contributed by atoms with E-state index in [-0.39, 0.29) is 19.0 Å². The first-order chi connectivity index (χ1) is 28.3. The molecule has 0 aliphatic carbocycles. The van der Waals surface area contributed by atoms with Gasteiger partial charge < -0.3 is 14.4 Å². The Labute approximate surface area is 357 Å². The molecule has 1 N–H and O–H groups in total. The fraction of sp³-hybridized carbons (Fsp3) is 0.837. The fourth-order valence-electron chi connectivity index (χ4n) is 6.97. The van der Waals surface area contributed by atoms with Gasteiger partial charge in [-0.1, -0.05) is 217 Å². The van der Waals surface area contributed by atoms with Gasteiger partial charge in [0, 0.05) is 20.0 Å². The molecule has 340 valence electrons. The van der Waals surface area contributed by atoms with Crippen molar-refractivity contribution in [2.24, 2.45) is 0 Å². The summed E-state index contributed by atoms with van der Waals surface area (Å²) in [5, 5.41) is 0. The van der Waals surface area contributed by atoms with E-state index in [0.29, 0.717) is 12.8 Å². The number of unbranched alkanes of at least 4 members (excludes halogenated alkanes) is 28. The highest BCUT2D eigenvalue weighted by atomic mass is 31.2. The molecule has 0 heterocycles. The molecule has 0 fully saturated rings. The number of esters is 2. The van der Waals surface area contributed by atoms with Crippen LogP contribution < -0.4 is 0 Å². The lowest BCUT2D eigenvalue weighted by Gasteiger charge is -2.19. The Morgan fingerprint density at radius 2 is 0.879 bits per heavy atom. The van der Waals surface area contributed by atoms with E-state index in [9.17, 15) is 19.0 Å². The molecular formula is C49H91O8P. The zero-order valence-corrected chi connectivity index (χ0v) is 38.9.